The number of rotatable bonds is 6. The summed E-state index contributed by atoms with van der Waals surface area (Å²) in [7, 11) is 0. The molecule has 2 saturated heterocycles. The second-order valence-electron chi connectivity index (χ2n) is 8.64. The summed E-state index contributed by atoms with van der Waals surface area (Å²) in [4.78, 5) is 20.1. The van der Waals surface area contributed by atoms with Crippen LogP contribution in [0.25, 0.3) is 0 Å². The monoisotopic (exact) mass is 418 g/mol. The van der Waals surface area contributed by atoms with Crippen molar-refractivity contribution >= 4 is 17.2 Å². The van der Waals surface area contributed by atoms with Crippen LogP contribution in [-0.4, -0.2) is 39.6 Å². The molecule has 2 aliphatic rings. The summed E-state index contributed by atoms with van der Waals surface area (Å²) >= 11 is 1.55. The van der Waals surface area contributed by atoms with Gasteiger partial charge in [0, 0.05) is 29.3 Å². The van der Waals surface area contributed by atoms with Crippen molar-refractivity contribution in [3.63, 3.8) is 0 Å². The molecule has 0 radical (unpaired) electrons. The van der Waals surface area contributed by atoms with Crippen LogP contribution in [0, 0.1) is 5.41 Å². The van der Waals surface area contributed by atoms with Crippen LogP contribution >= 0.6 is 11.3 Å². The molecule has 1 aromatic heterocycles. The predicted molar refractivity (Wildman–Crippen MR) is 119 cm³/mol. The Kier molecular flexibility index (Phi) is 5.17. The smallest absolute Gasteiger partial charge is 0.273 e. The van der Waals surface area contributed by atoms with Gasteiger partial charge in [0.2, 0.25) is 0 Å². The summed E-state index contributed by atoms with van der Waals surface area (Å²) in [6, 6.07) is 20.9. The number of aliphatic hydroxyl groups is 1. The van der Waals surface area contributed by atoms with E-state index in [4.69, 9.17) is 0 Å². The number of amides is 1. The van der Waals surface area contributed by atoms with Gasteiger partial charge < -0.3 is 10.0 Å². The molecule has 1 N–H and O–H groups in total. The predicted octanol–water partition coefficient (Wildman–Crippen LogP) is 4.33. The molecule has 0 saturated carbocycles. The van der Waals surface area contributed by atoms with Crippen molar-refractivity contribution in [2.75, 3.05) is 6.61 Å². The summed E-state index contributed by atoms with van der Waals surface area (Å²) in [6.07, 6.45) is 4.42. The van der Waals surface area contributed by atoms with Crippen LogP contribution in [0.5, 0.6) is 0 Å². The quantitative estimate of drug-likeness (QED) is 0.648. The Labute approximate surface area is 181 Å². The number of benzene rings is 2. The molecule has 1 amide bonds. The highest BCUT2D eigenvalue weighted by molar-refractivity contribution is 7.09. The maximum Gasteiger partial charge on any atom is 0.273 e. The van der Waals surface area contributed by atoms with Gasteiger partial charge in [-0.2, -0.15) is 0 Å². The van der Waals surface area contributed by atoms with E-state index in [2.05, 4.69) is 29.2 Å². The lowest BCUT2D eigenvalue weighted by atomic mass is 9.70. The first-order valence-electron chi connectivity index (χ1n) is 10.6. The average Bonchev–Trinajstić information content (AvgIpc) is 3.49. The Bertz CT molecular complexity index is 1020. The van der Waals surface area contributed by atoms with Gasteiger partial charge >= 0.3 is 0 Å². The van der Waals surface area contributed by atoms with Gasteiger partial charge in [-0.3, -0.25) is 4.79 Å². The van der Waals surface area contributed by atoms with Crippen LogP contribution in [0.1, 0.15) is 45.9 Å². The maximum absolute atomic E-state index is 13.4. The number of fused-ring (bicyclic) bond motifs is 2. The first kappa shape index (κ1) is 19.5. The lowest BCUT2D eigenvalue weighted by Gasteiger charge is -2.36. The fourth-order valence-corrected chi connectivity index (χ4v) is 6.21. The van der Waals surface area contributed by atoms with Crippen LogP contribution in [0.3, 0.4) is 0 Å². The molecule has 0 aliphatic carbocycles. The first-order chi connectivity index (χ1) is 14.7. The third-order valence-electron chi connectivity index (χ3n) is 6.77. The summed E-state index contributed by atoms with van der Waals surface area (Å²) < 4.78 is 0. The van der Waals surface area contributed by atoms with Crippen LogP contribution in [0.15, 0.2) is 66.0 Å². The molecule has 2 fully saturated rings. The summed E-state index contributed by atoms with van der Waals surface area (Å²) in [5.74, 6) is 0.0291. The molecular formula is C25H26N2O2S. The minimum absolute atomic E-state index is 0.0291. The average molecular weight is 419 g/mol. The number of carbonyl (C=O) groups excluding carboxylic acids is 1. The molecule has 30 heavy (non-hydrogen) atoms. The normalized spacial score (nSPS) is 25.0. The van der Waals surface area contributed by atoms with E-state index < -0.39 is 0 Å². The largest absolute Gasteiger partial charge is 0.396 e. The minimum Gasteiger partial charge on any atom is -0.396 e. The van der Waals surface area contributed by atoms with Gasteiger partial charge in [-0.25, -0.2) is 4.98 Å². The van der Waals surface area contributed by atoms with Crippen LogP contribution in [0.2, 0.25) is 0 Å². The number of hydrogen-bond acceptors (Lipinski definition) is 4. The molecule has 2 bridgehead atoms. The fraction of sp³-hybridized carbons (Fsp3) is 0.360. The van der Waals surface area contributed by atoms with Crippen molar-refractivity contribution in [3.8, 4) is 0 Å². The zero-order chi connectivity index (χ0) is 20.6. The Balaban J connectivity index is 1.35. The molecule has 0 spiro atoms. The molecule has 5 rings (SSSR count). The SMILES string of the molecule is O=C(c1csc(Cc2ccccc2)n1)N1[C@@H]2CC[C@H]1[C@](CO)(Cc1ccccc1)C2. The summed E-state index contributed by atoms with van der Waals surface area (Å²) in [5, 5.41) is 13.3. The molecule has 2 aliphatic heterocycles. The second kappa shape index (κ2) is 7.97. The highest BCUT2D eigenvalue weighted by Crippen LogP contribution is 2.51. The van der Waals surface area contributed by atoms with E-state index in [-0.39, 0.29) is 30.0 Å². The molecular weight excluding hydrogens is 392 g/mol. The van der Waals surface area contributed by atoms with Crippen molar-refractivity contribution in [2.24, 2.45) is 5.41 Å². The van der Waals surface area contributed by atoms with Crippen molar-refractivity contribution in [1.82, 2.24) is 9.88 Å². The van der Waals surface area contributed by atoms with Gasteiger partial charge in [-0.05, 0) is 36.8 Å². The van der Waals surface area contributed by atoms with E-state index in [1.54, 1.807) is 11.3 Å². The van der Waals surface area contributed by atoms with E-state index >= 15 is 0 Å². The third kappa shape index (κ3) is 3.46. The Morgan fingerprint density at radius 3 is 2.47 bits per heavy atom. The summed E-state index contributed by atoms with van der Waals surface area (Å²) in [6.45, 7) is 0.114. The number of hydrogen-bond donors (Lipinski definition) is 1. The van der Waals surface area contributed by atoms with E-state index in [0.29, 0.717) is 5.69 Å². The lowest BCUT2D eigenvalue weighted by Crippen LogP contribution is -2.44. The maximum atomic E-state index is 13.4. The highest BCUT2D eigenvalue weighted by Gasteiger charge is 2.57. The lowest BCUT2D eigenvalue weighted by molar-refractivity contribution is 0.0567. The Morgan fingerprint density at radius 1 is 1.07 bits per heavy atom. The molecule has 3 heterocycles. The van der Waals surface area contributed by atoms with Crippen molar-refractivity contribution in [1.29, 1.82) is 0 Å². The number of nitrogens with zero attached hydrogens (tertiary/aromatic N) is 2. The first-order valence-corrected chi connectivity index (χ1v) is 11.5. The van der Waals surface area contributed by atoms with Crippen molar-refractivity contribution in [2.45, 2.75) is 44.2 Å². The van der Waals surface area contributed by atoms with Gasteiger partial charge in [0.1, 0.15) is 5.69 Å². The van der Waals surface area contributed by atoms with Gasteiger partial charge in [-0.1, -0.05) is 60.7 Å². The zero-order valence-electron chi connectivity index (χ0n) is 16.9. The molecule has 0 unspecified atom stereocenters. The molecule has 3 atom stereocenters. The van der Waals surface area contributed by atoms with E-state index in [1.807, 2.05) is 46.7 Å². The highest BCUT2D eigenvalue weighted by atomic mass is 32.1. The van der Waals surface area contributed by atoms with Crippen LogP contribution in [-0.2, 0) is 12.8 Å². The zero-order valence-corrected chi connectivity index (χ0v) is 17.7. The van der Waals surface area contributed by atoms with Gasteiger partial charge in [0.05, 0.1) is 11.6 Å². The minimum atomic E-state index is -0.247. The molecule has 154 valence electrons. The number of aliphatic hydroxyl groups excluding tert-OH is 1. The van der Waals surface area contributed by atoms with Crippen LogP contribution < -0.4 is 0 Å². The second-order valence-corrected chi connectivity index (χ2v) is 9.58. The topological polar surface area (TPSA) is 53.4 Å². The fourth-order valence-electron chi connectivity index (χ4n) is 5.41. The van der Waals surface area contributed by atoms with E-state index in [1.165, 1.54) is 11.1 Å². The van der Waals surface area contributed by atoms with Gasteiger partial charge in [0.15, 0.2) is 0 Å². The molecule has 5 heteroatoms. The van der Waals surface area contributed by atoms with Crippen molar-refractivity contribution < 1.29 is 9.90 Å². The van der Waals surface area contributed by atoms with E-state index in [9.17, 15) is 9.90 Å². The van der Waals surface area contributed by atoms with Crippen molar-refractivity contribution in [3.05, 3.63) is 87.9 Å². The Hall–Kier alpha value is -2.50. The standard InChI is InChI=1S/C25H26N2O2S/c28-17-25(14-19-9-5-2-6-10-19)15-20-11-12-22(25)27(20)24(29)21-16-30-23(26-21)13-18-7-3-1-4-8-18/h1-10,16,20,22,28H,11-15,17H2/t20-,22+,25-/m1/s1. The summed E-state index contributed by atoms with van der Waals surface area (Å²) in [5.41, 5.74) is 2.74. The molecule has 2 aromatic carbocycles. The van der Waals surface area contributed by atoms with E-state index in [0.717, 1.165) is 37.1 Å². The number of carbonyl (C=O) groups is 1. The van der Waals surface area contributed by atoms with Gasteiger partial charge in [0.25, 0.3) is 5.91 Å². The number of aromatic nitrogens is 1. The molecule has 4 nitrogen and oxygen atoms in total. The van der Waals surface area contributed by atoms with Crippen LogP contribution in [0.4, 0.5) is 0 Å². The Morgan fingerprint density at radius 2 is 1.77 bits per heavy atom. The van der Waals surface area contributed by atoms with Gasteiger partial charge in [-0.15, -0.1) is 11.3 Å². The molecule has 3 aromatic rings. The third-order valence-corrected chi connectivity index (χ3v) is 7.62. The number of thiazole rings is 1.